The molecule has 0 aliphatic carbocycles. The molecule has 0 unspecified atom stereocenters. The molecule has 5 heteroatoms. The van der Waals surface area contributed by atoms with Gasteiger partial charge in [-0.1, -0.05) is 0 Å². The van der Waals surface area contributed by atoms with Crippen molar-refractivity contribution in [3.63, 3.8) is 0 Å². The van der Waals surface area contributed by atoms with E-state index in [0.29, 0.717) is 0 Å². The fraction of sp³-hybridized carbons (Fsp3) is 0.125. The van der Waals surface area contributed by atoms with E-state index in [2.05, 4.69) is 4.74 Å². The largest absolute Gasteiger partial charge is 0.545 e. The molecule has 70 valence electrons. The zero-order chi connectivity index (χ0) is 10.0. The van der Waals surface area contributed by atoms with Crippen molar-refractivity contribution in [1.29, 1.82) is 0 Å². The maximum Gasteiger partial charge on any atom is 0.178 e. The molecule has 0 amide bonds. The van der Waals surface area contributed by atoms with Gasteiger partial charge in [-0.2, -0.15) is 0 Å². The molecule has 0 aliphatic heterocycles. The van der Waals surface area contributed by atoms with E-state index in [1.807, 2.05) is 0 Å². The Morgan fingerprint density at radius 2 is 2.23 bits per heavy atom. The third-order valence-electron chi connectivity index (χ3n) is 1.57. The monoisotopic (exact) mass is 184 g/mol. The second kappa shape index (κ2) is 3.30. The lowest BCUT2D eigenvalue weighted by atomic mass is 10.1. The first-order valence-electron chi connectivity index (χ1n) is 3.41. The summed E-state index contributed by atoms with van der Waals surface area (Å²) in [7, 11) is 1.20. The maximum absolute atomic E-state index is 12.9. The number of carbonyl (C=O) groups excluding carboxylic acids is 1. The average molecular weight is 184 g/mol. The van der Waals surface area contributed by atoms with Crippen molar-refractivity contribution in [2.75, 3.05) is 12.8 Å². The van der Waals surface area contributed by atoms with Crippen LogP contribution < -0.4 is 15.6 Å². The lowest BCUT2D eigenvalue weighted by Crippen LogP contribution is -2.23. The van der Waals surface area contributed by atoms with Crippen LogP contribution in [0.25, 0.3) is 0 Å². The summed E-state index contributed by atoms with van der Waals surface area (Å²) in [5.74, 6) is -2.44. The molecule has 0 aliphatic rings. The highest BCUT2D eigenvalue weighted by Crippen LogP contribution is 2.27. The van der Waals surface area contributed by atoms with Gasteiger partial charge in [0.15, 0.2) is 11.6 Å². The number of aromatic carboxylic acids is 1. The lowest BCUT2D eigenvalue weighted by Gasteiger charge is -2.10. The molecule has 0 saturated heterocycles. The molecule has 4 nitrogen and oxygen atoms in total. The minimum absolute atomic E-state index is 0.262. The number of rotatable bonds is 2. The fourth-order valence-corrected chi connectivity index (χ4v) is 0.958. The molecule has 1 rings (SSSR count). The highest BCUT2D eigenvalue weighted by molar-refractivity contribution is 5.93. The van der Waals surface area contributed by atoms with Crippen molar-refractivity contribution in [2.45, 2.75) is 0 Å². The van der Waals surface area contributed by atoms with E-state index in [4.69, 9.17) is 5.73 Å². The highest BCUT2D eigenvalue weighted by Gasteiger charge is 2.11. The van der Waals surface area contributed by atoms with Crippen molar-refractivity contribution in [1.82, 2.24) is 0 Å². The number of hydrogen-bond acceptors (Lipinski definition) is 4. The van der Waals surface area contributed by atoms with Crippen LogP contribution in [0.4, 0.5) is 10.1 Å². The molecule has 0 saturated carbocycles. The van der Waals surface area contributed by atoms with E-state index in [1.165, 1.54) is 7.11 Å². The topological polar surface area (TPSA) is 75.4 Å². The summed E-state index contributed by atoms with van der Waals surface area (Å²) >= 11 is 0. The minimum Gasteiger partial charge on any atom is -0.545 e. The maximum atomic E-state index is 12.9. The molecule has 0 spiro atoms. The van der Waals surface area contributed by atoms with E-state index in [0.717, 1.165) is 12.1 Å². The van der Waals surface area contributed by atoms with Gasteiger partial charge in [-0.25, -0.2) is 4.39 Å². The molecule has 1 aromatic carbocycles. The van der Waals surface area contributed by atoms with Crippen LogP contribution in [-0.2, 0) is 0 Å². The predicted octanol–water partition coefficient (Wildman–Crippen LogP) is -0.220. The molecule has 0 aromatic heterocycles. The molecular formula is C8H7FNO3-. The smallest absolute Gasteiger partial charge is 0.178 e. The Hall–Kier alpha value is -1.78. The normalized spacial score (nSPS) is 9.69. The second-order valence-electron chi connectivity index (χ2n) is 2.33. The van der Waals surface area contributed by atoms with Crippen LogP contribution in [0.3, 0.4) is 0 Å². The Bertz CT molecular complexity index is 351. The summed E-state index contributed by atoms with van der Waals surface area (Å²) in [5.41, 5.74) is 4.77. The van der Waals surface area contributed by atoms with Gasteiger partial charge in [0.05, 0.1) is 18.8 Å². The van der Waals surface area contributed by atoms with Gasteiger partial charge >= 0.3 is 0 Å². The number of carboxylic acids is 1. The Labute approximate surface area is 73.7 Å². The summed E-state index contributed by atoms with van der Waals surface area (Å²) in [4.78, 5) is 10.4. The number of nitrogen functional groups attached to an aromatic ring is 1. The van der Waals surface area contributed by atoms with Crippen molar-refractivity contribution in [3.8, 4) is 5.75 Å². The van der Waals surface area contributed by atoms with Crippen molar-refractivity contribution < 1.29 is 19.0 Å². The Kier molecular flexibility index (Phi) is 2.36. The molecule has 2 N–H and O–H groups in total. The van der Waals surface area contributed by atoms with Gasteiger partial charge in [0.1, 0.15) is 0 Å². The zero-order valence-corrected chi connectivity index (χ0v) is 6.83. The molecule has 1 aromatic rings. The van der Waals surface area contributed by atoms with E-state index in [9.17, 15) is 14.3 Å². The van der Waals surface area contributed by atoms with Crippen LogP contribution in [0, 0.1) is 5.82 Å². The van der Waals surface area contributed by atoms with Gasteiger partial charge in [0.25, 0.3) is 0 Å². The summed E-state index contributed by atoms with van der Waals surface area (Å²) in [6.45, 7) is 0. The molecule has 0 atom stereocenters. The fourth-order valence-electron chi connectivity index (χ4n) is 0.958. The van der Waals surface area contributed by atoms with Crippen LogP contribution in [0.1, 0.15) is 10.4 Å². The number of benzene rings is 1. The van der Waals surface area contributed by atoms with E-state index in [-0.39, 0.29) is 17.0 Å². The number of carbonyl (C=O) groups is 1. The molecule has 0 radical (unpaired) electrons. The number of anilines is 1. The standard InChI is InChI=1S/C8H8FNO3/c1-13-7-5(9)3-2-4(6(7)10)8(11)12/h2-3H,10H2,1H3,(H,11,12)/p-1. The molecule has 13 heavy (non-hydrogen) atoms. The van der Waals surface area contributed by atoms with Gasteiger partial charge in [-0.3, -0.25) is 0 Å². The summed E-state index contributed by atoms with van der Waals surface area (Å²) in [6.07, 6.45) is 0. The first-order valence-corrected chi connectivity index (χ1v) is 3.41. The second-order valence-corrected chi connectivity index (χ2v) is 2.33. The Morgan fingerprint density at radius 3 is 2.69 bits per heavy atom. The van der Waals surface area contributed by atoms with E-state index in [1.54, 1.807) is 0 Å². The SMILES string of the molecule is COc1c(F)ccc(C(=O)[O-])c1N. The summed E-state index contributed by atoms with van der Waals surface area (Å²) in [6, 6.07) is 1.99. The quantitative estimate of drug-likeness (QED) is 0.644. The van der Waals surface area contributed by atoms with Gasteiger partial charge in [0, 0.05) is 5.56 Å². The third kappa shape index (κ3) is 1.53. The van der Waals surface area contributed by atoms with Crippen LogP contribution in [0.15, 0.2) is 12.1 Å². The van der Waals surface area contributed by atoms with Crippen molar-refractivity contribution in [2.24, 2.45) is 0 Å². The Morgan fingerprint density at radius 1 is 1.62 bits per heavy atom. The first-order chi connectivity index (χ1) is 6.07. The van der Waals surface area contributed by atoms with Crippen LogP contribution in [0.5, 0.6) is 5.75 Å². The number of carboxylic acid groups (broad SMARTS) is 1. The number of hydrogen-bond donors (Lipinski definition) is 1. The third-order valence-corrected chi connectivity index (χ3v) is 1.57. The van der Waals surface area contributed by atoms with Crippen molar-refractivity contribution in [3.05, 3.63) is 23.5 Å². The molecule has 0 heterocycles. The van der Waals surface area contributed by atoms with Gasteiger partial charge in [-0.05, 0) is 12.1 Å². The highest BCUT2D eigenvalue weighted by atomic mass is 19.1. The summed E-state index contributed by atoms with van der Waals surface area (Å²) in [5, 5.41) is 10.4. The lowest BCUT2D eigenvalue weighted by molar-refractivity contribution is -0.254. The first kappa shape index (κ1) is 9.31. The number of nitrogens with two attached hydrogens (primary N) is 1. The molecule has 0 fully saturated rings. The predicted molar refractivity (Wildman–Crippen MR) is 41.7 cm³/mol. The molecule has 0 bridgehead atoms. The van der Waals surface area contributed by atoms with Crippen LogP contribution in [0.2, 0.25) is 0 Å². The number of methoxy groups -OCH3 is 1. The van der Waals surface area contributed by atoms with Gasteiger partial charge in [0.2, 0.25) is 0 Å². The zero-order valence-electron chi connectivity index (χ0n) is 6.83. The van der Waals surface area contributed by atoms with Crippen LogP contribution in [-0.4, -0.2) is 13.1 Å². The molecular weight excluding hydrogens is 177 g/mol. The number of halogens is 1. The van der Waals surface area contributed by atoms with Gasteiger partial charge < -0.3 is 20.4 Å². The van der Waals surface area contributed by atoms with Gasteiger partial charge in [-0.15, -0.1) is 0 Å². The average Bonchev–Trinajstić information content (AvgIpc) is 2.04. The van der Waals surface area contributed by atoms with Crippen LogP contribution >= 0.6 is 0 Å². The van der Waals surface area contributed by atoms with E-state index < -0.39 is 11.8 Å². The van der Waals surface area contributed by atoms with E-state index >= 15 is 0 Å². The number of ether oxygens (including phenoxy) is 1. The Balaban J connectivity index is 3.35. The van der Waals surface area contributed by atoms with Crippen molar-refractivity contribution >= 4 is 11.7 Å². The summed E-state index contributed by atoms with van der Waals surface area (Å²) < 4.78 is 17.5. The minimum atomic E-state index is -1.46.